The highest BCUT2D eigenvalue weighted by Gasteiger charge is 2.25. The summed E-state index contributed by atoms with van der Waals surface area (Å²) in [6.45, 7) is 7.66. The minimum Gasteiger partial charge on any atom is -0.378 e. The maximum atomic E-state index is 13.0. The van der Waals surface area contributed by atoms with Crippen molar-refractivity contribution in [1.82, 2.24) is 24.8 Å². The third-order valence-electron chi connectivity index (χ3n) is 5.68. The molecular formula is C22H25N7O2. The second-order valence-corrected chi connectivity index (χ2v) is 7.79. The first-order valence-electron chi connectivity index (χ1n) is 10.6. The third kappa shape index (κ3) is 4.13. The van der Waals surface area contributed by atoms with Crippen molar-refractivity contribution in [2.24, 2.45) is 0 Å². The second-order valence-electron chi connectivity index (χ2n) is 7.79. The van der Waals surface area contributed by atoms with Crippen molar-refractivity contribution in [2.75, 3.05) is 62.3 Å². The first kappa shape index (κ1) is 19.6. The Morgan fingerprint density at radius 1 is 0.903 bits per heavy atom. The van der Waals surface area contributed by atoms with Crippen molar-refractivity contribution in [1.29, 1.82) is 0 Å². The zero-order valence-corrected chi connectivity index (χ0v) is 17.6. The lowest BCUT2D eigenvalue weighted by atomic mass is 10.2. The molecule has 9 nitrogen and oxygen atoms in total. The normalized spacial score (nSPS) is 17.3. The molecule has 0 unspecified atom stereocenters. The van der Waals surface area contributed by atoms with E-state index in [0.29, 0.717) is 45.1 Å². The molecule has 2 aliphatic heterocycles. The third-order valence-corrected chi connectivity index (χ3v) is 5.68. The molecule has 0 bridgehead atoms. The molecule has 0 N–H and O–H groups in total. The zero-order chi connectivity index (χ0) is 21.2. The molecule has 0 aliphatic carbocycles. The number of piperazine rings is 1. The molecule has 9 heteroatoms. The van der Waals surface area contributed by atoms with E-state index >= 15 is 0 Å². The molecular weight excluding hydrogens is 394 g/mol. The van der Waals surface area contributed by atoms with Gasteiger partial charge in [-0.2, -0.15) is 4.98 Å². The van der Waals surface area contributed by atoms with Crippen molar-refractivity contribution in [3.05, 3.63) is 47.9 Å². The van der Waals surface area contributed by atoms with Crippen LogP contribution in [-0.2, 0) is 4.74 Å². The van der Waals surface area contributed by atoms with Gasteiger partial charge in [-0.15, -0.1) is 0 Å². The van der Waals surface area contributed by atoms with E-state index in [4.69, 9.17) is 9.72 Å². The molecule has 0 spiro atoms. The van der Waals surface area contributed by atoms with E-state index in [2.05, 4.69) is 24.8 Å². The average Bonchev–Trinajstić information content (AvgIpc) is 2.83. The van der Waals surface area contributed by atoms with Crippen LogP contribution in [0.1, 0.15) is 16.2 Å². The lowest BCUT2D eigenvalue weighted by Crippen LogP contribution is -2.49. The molecule has 31 heavy (non-hydrogen) atoms. The van der Waals surface area contributed by atoms with Crippen molar-refractivity contribution >= 4 is 28.7 Å². The van der Waals surface area contributed by atoms with E-state index < -0.39 is 0 Å². The van der Waals surface area contributed by atoms with Crippen LogP contribution in [0.15, 0.2) is 36.5 Å². The van der Waals surface area contributed by atoms with Gasteiger partial charge in [0.25, 0.3) is 5.91 Å². The van der Waals surface area contributed by atoms with E-state index in [0.717, 1.165) is 41.6 Å². The molecule has 2 aromatic heterocycles. The number of para-hydroxylation sites is 2. The van der Waals surface area contributed by atoms with Gasteiger partial charge >= 0.3 is 0 Å². The number of morpholine rings is 1. The smallest absolute Gasteiger partial charge is 0.274 e. The Bertz CT molecular complexity index is 1090. The number of rotatable bonds is 3. The molecule has 4 heterocycles. The standard InChI is InChI=1S/C22H25N7O2/c1-16-14-20(26-22(24-16)29-10-12-31-13-11-29)27-6-8-28(9-7-27)21(30)19-15-23-17-4-2-3-5-18(17)25-19/h2-5,14-15H,6-13H2,1H3. The first-order chi connectivity index (χ1) is 15.2. The maximum absolute atomic E-state index is 13.0. The quantitative estimate of drug-likeness (QED) is 0.632. The number of hydrogen-bond acceptors (Lipinski definition) is 8. The van der Waals surface area contributed by atoms with E-state index in [-0.39, 0.29) is 5.91 Å². The van der Waals surface area contributed by atoms with Crippen LogP contribution in [-0.4, -0.2) is 83.2 Å². The molecule has 2 saturated heterocycles. The lowest BCUT2D eigenvalue weighted by molar-refractivity contribution is 0.0740. The van der Waals surface area contributed by atoms with Gasteiger partial charge in [-0.1, -0.05) is 12.1 Å². The molecule has 0 atom stereocenters. The molecule has 3 aromatic rings. The maximum Gasteiger partial charge on any atom is 0.274 e. The van der Waals surface area contributed by atoms with Crippen LogP contribution in [0, 0.1) is 6.92 Å². The topological polar surface area (TPSA) is 87.6 Å². The summed E-state index contributed by atoms with van der Waals surface area (Å²) in [6.07, 6.45) is 1.57. The summed E-state index contributed by atoms with van der Waals surface area (Å²) >= 11 is 0. The Balaban J connectivity index is 1.27. The first-order valence-corrected chi connectivity index (χ1v) is 10.6. The average molecular weight is 419 g/mol. The number of anilines is 2. The van der Waals surface area contributed by atoms with E-state index in [1.807, 2.05) is 42.2 Å². The van der Waals surface area contributed by atoms with Gasteiger partial charge in [-0.05, 0) is 19.1 Å². The number of amides is 1. The number of aryl methyl sites for hydroxylation is 1. The summed E-state index contributed by atoms with van der Waals surface area (Å²) in [5.74, 6) is 1.58. The summed E-state index contributed by atoms with van der Waals surface area (Å²) in [5, 5.41) is 0. The number of carbonyl (C=O) groups excluding carboxylic acids is 1. The number of benzene rings is 1. The van der Waals surface area contributed by atoms with Gasteiger partial charge in [0.1, 0.15) is 11.5 Å². The van der Waals surface area contributed by atoms with Gasteiger partial charge < -0.3 is 19.4 Å². The summed E-state index contributed by atoms with van der Waals surface area (Å²) in [5.41, 5.74) is 2.86. The second kappa shape index (κ2) is 8.43. The molecule has 1 amide bonds. The Kier molecular flexibility index (Phi) is 5.33. The highest BCUT2D eigenvalue weighted by molar-refractivity contribution is 5.94. The SMILES string of the molecule is Cc1cc(N2CCN(C(=O)c3cnc4ccccc4n3)CC2)nc(N2CCOCC2)n1. The molecule has 2 fully saturated rings. The Morgan fingerprint density at radius 3 is 2.42 bits per heavy atom. The zero-order valence-electron chi connectivity index (χ0n) is 17.6. The van der Waals surface area contributed by atoms with Crippen LogP contribution in [0.25, 0.3) is 11.0 Å². The van der Waals surface area contributed by atoms with Crippen LogP contribution in [0.2, 0.25) is 0 Å². The van der Waals surface area contributed by atoms with Crippen LogP contribution in [0.3, 0.4) is 0 Å². The molecule has 0 radical (unpaired) electrons. The Labute approximate surface area is 180 Å². The summed E-state index contributed by atoms with van der Waals surface area (Å²) in [6, 6.07) is 9.59. The van der Waals surface area contributed by atoms with Crippen LogP contribution in [0.4, 0.5) is 11.8 Å². The molecule has 1 aromatic carbocycles. The fourth-order valence-corrected chi connectivity index (χ4v) is 3.96. The van der Waals surface area contributed by atoms with Crippen LogP contribution in [0.5, 0.6) is 0 Å². The fraction of sp³-hybridized carbons (Fsp3) is 0.409. The summed E-state index contributed by atoms with van der Waals surface area (Å²) < 4.78 is 5.44. The van der Waals surface area contributed by atoms with Gasteiger partial charge in [0.05, 0.1) is 30.4 Å². The number of nitrogens with zero attached hydrogens (tertiary/aromatic N) is 7. The van der Waals surface area contributed by atoms with Gasteiger partial charge in [-0.3, -0.25) is 9.78 Å². The van der Waals surface area contributed by atoms with Crippen molar-refractivity contribution in [3.63, 3.8) is 0 Å². The number of ether oxygens (including phenoxy) is 1. The van der Waals surface area contributed by atoms with Gasteiger partial charge in [-0.25, -0.2) is 9.97 Å². The molecule has 0 saturated carbocycles. The number of carbonyl (C=O) groups is 1. The lowest BCUT2D eigenvalue weighted by Gasteiger charge is -2.36. The van der Waals surface area contributed by atoms with E-state index in [9.17, 15) is 4.79 Å². The number of hydrogen-bond donors (Lipinski definition) is 0. The largest absolute Gasteiger partial charge is 0.378 e. The monoisotopic (exact) mass is 419 g/mol. The van der Waals surface area contributed by atoms with Crippen LogP contribution < -0.4 is 9.80 Å². The van der Waals surface area contributed by atoms with Gasteiger partial charge in [0.2, 0.25) is 5.95 Å². The Morgan fingerprint density at radius 2 is 1.65 bits per heavy atom. The summed E-state index contributed by atoms with van der Waals surface area (Å²) in [7, 11) is 0. The van der Waals surface area contributed by atoms with Gasteiger partial charge in [0, 0.05) is 51.0 Å². The predicted octanol–water partition coefficient (Wildman–Crippen LogP) is 1.53. The van der Waals surface area contributed by atoms with Gasteiger partial charge in [0.15, 0.2) is 0 Å². The number of fused-ring (bicyclic) bond motifs is 1. The minimum absolute atomic E-state index is 0.0780. The fourth-order valence-electron chi connectivity index (χ4n) is 3.96. The highest BCUT2D eigenvalue weighted by atomic mass is 16.5. The molecule has 160 valence electrons. The van der Waals surface area contributed by atoms with Crippen LogP contribution >= 0.6 is 0 Å². The van der Waals surface area contributed by atoms with Crippen molar-refractivity contribution < 1.29 is 9.53 Å². The minimum atomic E-state index is -0.0780. The highest BCUT2D eigenvalue weighted by Crippen LogP contribution is 2.20. The summed E-state index contributed by atoms with van der Waals surface area (Å²) in [4.78, 5) is 37.5. The molecule has 5 rings (SSSR count). The number of aromatic nitrogens is 4. The predicted molar refractivity (Wildman–Crippen MR) is 117 cm³/mol. The molecule has 2 aliphatic rings. The Hall–Kier alpha value is -3.33. The van der Waals surface area contributed by atoms with E-state index in [1.165, 1.54) is 0 Å². The van der Waals surface area contributed by atoms with Crippen molar-refractivity contribution in [2.45, 2.75) is 6.92 Å². The van der Waals surface area contributed by atoms with Crippen molar-refractivity contribution in [3.8, 4) is 0 Å². The van der Waals surface area contributed by atoms with E-state index in [1.54, 1.807) is 6.20 Å².